The monoisotopic (exact) mass is 314 g/mol. The fourth-order valence-corrected chi connectivity index (χ4v) is 2.71. The third-order valence-corrected chi connectivity index (χ3v) is 3.65. The van der Waals surface area contributed by atoms with E-state index in [2.05, 4.69) is 38.5 Å². The molecule has 2 rings (SSSR count). The van der Waals surface area contributed by atoms with Crippen LogP contribution in [0.1, 0.15) is 19.4 Å². The van der Waals surface area contributed by atoms with Crippen LogP contribution in [0.15, 0.2) is 22.7 Å². The molecule has 0 bridgehead atoms. The molecule has 0 saturated carbocycles. The number of nitrogens with one attached hydrogen (secondary N) is 1. The highest BCUT2D eigenvalue weighted by Crippen LogP contribution is 2.23. The molecule has 2 aromatic rings. The lowest BCUT2D eigenvalue weighted by Crippen LogP contribution is -2.07. The zero-order valence-electron chi connectivity index (χ0n) is 9.87. The smallest absolute Gasteiger partial charge is 0.178 e. The SMILES string of the molecule is COCCC(C)n1c(=S)[nH]c2cc(Br)ccc21. The molecule has 3 nitrogen and oxygen atoms in total. The van der Waals surface area contributed by atoms with Gasteiger partial charge in [-0.05, 0) is 43.8 Å². The van der Waals surface area contributed by atoms with Gasteiger partial charge in [-0.15, -0.1) is 0 Å². The summed E-state index contributed by atoms with van der Waals surface area (Å²) < 4.78 is 9.08. The number of H-pyrrole nitrogens is 1. The molecular formula is C12H15BrN2OS. The number of rotatable bonds is 4. The van der Waals surface area contributed by atoms with Crippen molar-refractivity contribution in [3.63, 3.8) is 0 Å². The summed E-state index contributed by atoms with van der Waals surface area (Å²) in [6, 6.07) is 6.49. The van der Waals surface area contributed by atoms with Gasteiger partial charge in [-0.25, -0.2) is 0 Å². The van der Waals surface area contributed by atoms with Crippen molar-refractivity contribution in [3.8, 4) is 0 Å². The first-order valence-electron chi connectivity index (χ1n) is 5.52. The van der Waals surface area contributed by atoms with E-state index >= 15 is 0 Å². The quantitative estimate of drug-likeness (QED) is 0.862. The van der Waals surface area contributed by atoms with Gasteiger partial charge in [0.15, 0.2) is 4.77 Å². The number of nitrogens with zero attached hydrogens (tertiary/aromatic N) is 1. The van der Waals surface area contributed by atoms with Crippen LogP contribution in [-0.4, -0.2) is 23.3 Å². The van der Waals surface area contributed by atoms with Crippen molar-refractivity contribution in [3.05, 3.63) is 27.4 Å². The number of imidazole rings is 1. The maximum Gasteiger partial charge on any atom is 0.178 e. The van der Waals surface area contributed by atoms with Gasteiger partial charge in [0.1, 0.15) is 0 Å². The van der Waals surface area contributed by atoms with Gasteiger partial charge in [-0.1, -0.05) is 15.9 Å². The molecule has 0 amide bonds. The number of methoxy groups -OCH3 is 1. The number of halogens is 1. The Morgan fingerprint density at radius 1 is 1.53 bits per heavy atom. The number of hydrogen-bond donors (Lipinski definition) is 1. The number of aromatic nitrogens is 2. The molecule has 92 valence electrons. The van der Waals surface area contributed by atoms with Crippen LogP contribution in [0.2, 0.25) is 0 Å². The molecular weight excluding hydrogens is 300 g/mol. The summed E-state index contributed by atoms with van der Waals surface area (Å²) in [5.74, 6) is 0. The summed E-state index contributed by atoms with van der Waals surface area (Å²) in [6.45, 7) is 2.90. The van der Waals surface area contributed by atoms with Crippen molar-refractivity contribution in [2.75, 3.05) is 13.7 Å². The average molecular weight is 315 g/mol. The van der Waals surface area contributed by atoms with Crippen molar-refractivity contribution in [2.24, 2.45) is 0 Å². The first-order chi connectivity index (χ1) is 8.13. The van der Waals surface area contributed by atoms with Crippen molar-refractivity contribution >= 4 is 39.2 Å². The summed E-state index contributed by atoms with van der Waals surface area (Å²) in [4.78, 5) is 3.23. The molecule has 0 saturated heterocycles. The van der Waals surface area contributed by atoms with Crippen molar-refractivity contribution in [1.82, 2.24) is 9.55 Å². The first-order valence-corrected chi connectivity index (χ1v) is 6.72. The Hall–Kier alpha value is -0.650. The fourth-order valence-electron chi connectivity index (χ4n) is 1.96. The van der Waals surface area contributed by atoms with Gasteiger partial charge in [0, 0.05) is 24.2 Å². The highest BCUT2D eigenvalue weighted by Gasteiger charge is 2.10. The van der Waals surface area contributed by atoms with Crippen LogP contribution in [0.4, 0.5) is 0 Å². The second-order valence-electron chi connectivity index (χ2n) is 4.09. The maximum atomic E-state index is 5.37. The largest absolute Gasteiger partial charge is 0.385 e. The number of aromatic amines is 1. The van der Waals surface area contributed by atoms with Crippen LogP contribution in [-0.2, 0) is 4.74 Å². The lowest BCUT2D eigenvalue weighted by Gasteiger charge is -2.13. The molecule has 1 N–H and O–H groups in total. The minimum atomic E-state index is 0.331. The van der Waals surface area contributed by atoms with Gasteiger partial charge in [0.25, 0.3) is 0 Å². The summed E-state index contributed by atoms with van der Waals surface area (Å²) >= 11 is 8.84. The van der Waals surface area contributed by atoms with E-state index in [0.29, 0.717) is 6.04 Å². The Bertz CT molecular complexity index is 575. The number of benzene rings is 1. The Balaban J connectivity index is 2.46. The third-order valence-electron chi connectivity index (χ3n) is 2.86. The lowest BCUT2D eigenvalue weighted by atomic mass is 10.2. The van der Waals surface area contributed by atoms with Crippen LogP contribution >= 0.6 is 28.1 Å². The van der Waals surface area contributed by atoms with Crippen LogP contribution in [0.3, 0.4) is 0 Å². The topological polar surface area (TPSA) is 29.9 Å². The number of hydrogen-bond acceptors (Lipinski definition) is 2. The Labute approximate surface area is 114 Å². The fraction of sp³-hybridized carbons (Fsp3) is 0.417. The molecule has 0 radical (unpaired) electrons. The van der Waals surface area contributed by atoms with E-state index in [1.54, 1.807) is 7.11 Å². The number of fused-ring (bicyclic) bond motifs is 1. The van der Waals surface area contributed by atoms with Crippen molar-refractivity contribution < 1.29 is 4.74 Å². The average Bonchev–Trinajstić information content (AvgIpc) is 2.61. The van der Waals surface area contributed by atoms with E-state index in [1.807, 2.05) is 12.1 Å². The van der Waals surface area contributed by atoms with E-state index < -0.39 is 0 Å². The predicted molar refractivity (Wildman–Crippen MR) is 76.0 cm³/mol. The predicted octanol–water partition coefficient (Wildman–Crippen LogP) is 4.06. The summed E-state index contributed by atoms with van der Waals surface area (Å²) in [6.07, 6.45) is 0.952. The maximum absolute atomic E-state index is 5.37. The molecule has 0 fully saturated rings. The Morgan fingerprint density at radius 3 is 3.00 bits per heavy atom. The Kier molecular flexibility index (Phi) is 4.01. The van der Waals surface area contributed by atoms with Gasteiger partial charge < -0.3 is 14.3 Å². The van der Waals surface area contributed by atoms with E-state index in [0.717, 1.165) is 33.3 Å². The summed E-state index contributed by atoms with van der Waals surface area (Å²) in [7, 11) is 1.72. The second-order valence-corrected chi connectivity index (χ2v) is 5.39. The molecule has 0 spiro atoms. The Morgan fingerprint density at radius 2 is 2.29 bits per heavy atom. The molecule has 0 aliphatic rings. The highest BCUT2D eigenvalue weighted by molar-refractivity contribution is 9.10. The van der Waals surface area contributed by atoms with E-state index in [4.69, 9.17) is 17.0 Å². The van der Waals surface area contributed by atoms with Gasteiger partial charge in [-0.3, -0.25) is 0 Å². The van der Waals surface area contributed by atoms with Gasteiger partial charge in [0.05, 0.1) is 11.0 Å². The van der Waals surface area contributed by atoms with Crippen molar-refractivity contribution in [1.29, 1.82) is 0 Å². The molecule has 1 unspecified atom stereocenters. The zero-order valence-corrected chi connectivity index (χ0v) is 12.3. The lowest BCUT2D eigenvalue weighted by molar-refractivity contribution is 0.181. The minimum Gasteiger partial charge on any atom is -0.385 e. The van der Waals surface area contributed by atoms with Gasteiger partial charge in [-0.2, -0.15) is 0 Å². The normalized spacial score (nSPS) is 13.1. The van der Waals surface area contributed by atoms with E-state index in [1.165, 1.54) is 0 Å². The zero-order chi connectivity index (χ0) is 12.4. The molecule has 1 aromatic heterocycles. The van der Waals surface area contributed by atoms with Gasteiger partial charge >= 0.3 is 0 Å². The van der Waals surface area contributed by atoms with E-state index in [-0.39, 0.29) is 0 Å². The van der Waals surface area contributed by atoms with E-state index in [9.17, 15) is 0 Å². The van der Waals surface area contributed by atoms with Crippen LogP contribution in [0, 0.1) is 4.77 Å². The number of ether oxygens (including phenoxy) is 1. The summed E-state index contributed by atoms with van der Waals surface area (Å²) in [5.41, 5.74) is 2.20. The molecule has 5 heteroatoms. The second kappa shape index (κ2) is 5.33. The molecule has 1 aromatic carbocycles. The molecule has 1 heterocycles. The third kappa shape index (κ3) is 2.61. The molecule has 0 aliphatic heterocycles. The molecule has 0 aliphatic carbocycles. The first kappa shape index (κ1) is 12.8. The van der Waals surface area contributed by atoms with Gasteiger partial charge in [0.2, 0.25) is 0 Å². The minimum absolute atomic E-state index is 0.331. The highest BCUT2D eigenvalue weighted by atomic mass is 79.9. The van der Waals surface area contributed by atoms with Crippen LogP contribution in [0.5, 0.6) is 0 Å². The molecule has 17 heavy (non-hydrogen) atoms. The van der Waals surface area contributed by atoms with Crippen LogP contribution in [0.25, 0.3) is 11.0 Å². The van der Waals surface area contributed by atoms with Crippen LogP contribution < -0.4 is 0 Å². The summed E-state index contributed by atoms with van der Waals surface area (Å²) in [5, 5.41) is 0. The van der Waals surface area contributed by atoms with Crippen molar-refractivity contribution in [2.45, 2.75) is 19.4 Å². The standard InChI is InChI=1S/C12H15BrN2OS/c1-8(5-6-16-2)15-11-4-3-9(13)7-10(11)14-12(15)17/h3-4,7-8H,5-6H2,1-2H3,(H,14,17). The molecule has 1 atom stereocenters.